The molecule has 88 valence electrons. The molecule has 0 radical (unpaired) electrons. The van der Waals surface area contributed by atoms with Crippen molar-refractivity contribution in [2.45, 2.75) is 46.0 Å². The number of carboxylic acids is 1. The molecule has 0 bridgehead atoms. The molecular formula is C14H20O2. The van der Waals surface area contributed by atoms with E-state index in [0.717, 1.165) is 19.3 Å². The van der Waals surface area contributed by atoms with Crippen molar-refractivity contribution in [1.82, 2.24) is 0 Å². The van der Waals surface area contributed by atoms with Gasteiger partial charge >= 0.3 is 5.97 Å². The third-order valence-electron chi connectivity index (χ3n) is 2.86. The molecule has 0 unspecified atom stereocenters. The maximum atomic E-state index is 10.6. The van der Waals surface area contributed by atoms with Gasteiger partial charge in [-0.2, -0.15) is 0 Å². The minimum absolute atomic E-state index is 0.226. The highest BCUT2D eigenvalue weighted by Gasteiger charge is 2.07. The number of hydrogen-bond donors (Lipinski definition) is 1. The molecule has 0 spiro atoms. The van der Waals surface area contributed by atoms with Gasteiger partial charge in [-0.15, -0.1) is 0 Å². The molecule has 0 heterocycles. The third kappa shape index (κ3) is 3.37. The highest BCUT2D eigenvalue weighted by molar-refractivity contribution is 5.67. The molecule has 1 aromatic rings. The molecule has 0 aliphatic heterocycles. The molecule has 1 rings (SSSR count). The Morgan fingerprint density at radius 3 is 2.44 bits per heavy atom. The predicted molar refractivity (Wildman–Crippen MR) is 65.8 cm³/mol. The van der Waals surface area contributed by atoms with Gasteiger partial charge < -0.3 is 5.11 Å². The van der Waals surface area contributed by atoms with Crippen LogP contribution in [0.4, 0.5) is 0 Å². The van der Waals surface area contributed by atoms with Crippen LogP contribution in [-0.2, 0) is 24.1 Å². The lowest BCUT2D eigenvalue weighted by Gasteiger charge is -2.12. The second-order valence-corrected chi connectivity index (χ2v) is 4.05. The first-order chi connectivity index (χ1) is 7.69. The maximum Gasteiger partial charge on any atom is 0.303 e. The normalized spacial score (nSPS) is 10.4. The Balaban J connectivity index is 2.92. The number of rotatable bonds is 6. The van der Waals surface area contributed by atoms with Crippen molar-refractivity contribution in [1.29, 1.82) is 0 Å². The average molecular weight is 220 g/mol. The number of carboxylic acid groups (broad SMARTS) is 1. The van der Waals surface area contributed by atoms with E-state index in [1.807, 2.05) is 6.07 Å². The molecule has 0 saturated carbocycles. The summed E-state index contributed by atoms with van der Waals surface area (Å²) in [6, 6.07) is 6.25. The van der Waals surface area contributed by atoms with E-state index in [-0.39, 0.29) is 6.42 Å². The topological polar surface area (TPSA) is 37.3 Å². The van der Waals surface area contributed by atoms with E-state index < -0.39 is 5.97 Å². The van der Waals surface area contributed by atoms with Crippen LogP contribution in [0.5, 0.6) is 0 Å². The molecule has 1 N–H and O–H groups in total. The Morgan fingerprint density at radius 2 is 1.88 bits per heavy atom. The molecular weight excluding hydrogens is 200 g/mol. The van der Waals surface area contributed by atoms with E-state index >= 15 is 0 Å². The Labute approximate surface area is 97.3 Å². The Hall–Kier alpha value is -1.31. The fourth-order valence-electron chi connectivity index (χ4n) is 2.07. The fourth-order valence-corrected chi connectivity index (χ4v) is 2.07. The van der Waals surface area contributed by atoms with Crippen LogP contribution in [-0.4, -0.2) is 11.1 Å². The standard InChI is InChI=1S/C14H20O2/c1-3-6-13-11(4-2)7-5-8-12(13)9-10-14(15)16/h5,7-8H,3-4,6,9-10H2,1-2H3,(H,15,16). The SMILES string of the molecule is CCCc1c(CC)cccc1CCC(=O)O. The third-order valence-corrected chi connectivity index (χ3v) is 2.86. The van der Waals surface area contributed by atoms with Gasteiger partial charge in [0.15, 0.2) is 0 Å². The zero-order chi connectivity index (χ0) is 12.0. The molecule has 0 aromatic heterocycles. The minimum atomic E-state index is -0.718. The molecule has 0 fully saturated rings. The van der Waals surface area contributed by atoms with Crippen LogP contribution in [0.15, 0.2) is 18.2 Å². The van der Waals surface area contributed by atoms with Gasteiger partial charge in [0.2, 0.25) is 0 Å². The Kier molecular flexibility index (Phi) is 5.03. The fraction of sp³-hybridized carbons (Fsp3) is 0.500. The number of benzene rings is 1. The van der Waals surface area contributed by atoms with Crippen LogP contribution in [0.25, 0.3) is 0 Å². The van der Waals surface area contributed by atoms with Crippen LogP contribution in [0.1, 0.15) is 43.4 Å². The lowest BCUT2D eigenvalue weighted by molar-refractivity contribution is -0.136. The summed E-state index contributed by atoms with van der Waals surface area (Å²) in [7, 11) is 0. The summed E-state index contributed by atoms with van der Waals surface area (Å²) in [4.78, 5) is 10.6. The first-order valence-corrected chi connectivity index (χ1v) is 6.00. The zero-order valence-corrected chi connectivity index (χ0v) is 10.1. The first kappa shape index (κ1) is 12.8. The Bertz CT molecular complexity index is 356. The van der Waals surface area contributed by atoms with Crippen molar-refractivity contribution in [3.05, 3.63) is 34.9 Å². The van der Waals surface area contributed by atoms with Gasteiger partial charge in [0.25, 0.3) is 0 Å². The summed E-state index contributed by atoms with van der Waals surface area (Å²) < 4.78 is 0. The van der Waals surface area contributed by atoms with Crippen LogP contribution in [0, 0.1) is 0 Å². The van der Waals surface area contributed by atoms with E-state index in [2.05, 4.69) is 26.0 Å². The van der Waals surface area contributed by atoms with Crippen LogP contribution in [0.2, 0.25) is 0 Å². The van der Waals surface area contributed by atoms with Gasteiger partial charge in [-0.3, -0.25) is 4.79 Å². The van der Waals surface area contributed by atoms with Crippen molar-refractivity contribution >= 4 is 5.97 Å². The minimum Gasteiger partial charge on any atom is -0.481 e. The molecule has 0 amide bonds. The molecule has 0 atom stereocenters. The molecule has 0 aliphatic rings. The molecule has 0 aliphatic carbocycles. The molecule has 1 aromatic carbocycles. The predicted octanol–water partition coefficient (Wildman–Crippen LogP) is 3.22. The average Bonchev–Trinajstić information content (AvgIpc) is 2.27. The van der Waals surface area contributed by atoms with Crippen LogP contribution >= 0.6 is 0 Å². The quantitative estimate of drug-likeness (QED) is 0.799. The monoisotopic (exact) mass is 220 g/mol. The molecule has 2 nitrogen and oxygen atoms in total. The van der Waals surface area contributed by atoms with Gasteiger partial charge in [0.05, 0.1) is 0 Å². The zero-order valence-electron chi connectivity index (χ0n) is 10.1. The summed E-state index contributed by atoms with van der Waals surface area (Å²) in [5.74, 6) is -0.718. The van der Waals surface area contributed by atoms with E-state index in [1.54, 1.807) is 0 Å². The summed E-state index contributed by atoms with van der Waals surface area (Å²) in [6.45, 7) is 4.31. The van der Waals surface area contributed by atoms with Crippen molar-refractivity contribution < 1.29 is 9.90 Å². The highest BCUT2D eigenvalue weighted by atomic mass is 16.4. The first-order valence-electron chi connectivity index (χ1n) is 6.00. The van der Waals surface area contributed by atoms with Crippen molar-refractivity contribution in [2.75, 3.05) is 0 Å². The van der Waals surface area contributed by atoms with E-state index in [4.69, 9.17) is 5.11 Å². The van der Waals surface area contributed by atoms with Gasteiger partial charge in [-0.1, -0.05) is 38.5 Å². The van der Waals surface area contributed by atoms with E-state index in [9.17, 15) is 4.79 Å². The highest BCUT2D eigenvalue weighted by Crippen LogP contribution is 2.19. The summed E-state index contributed by atoms with van der Waals surface area (Å²) in [5.41, 5.74) is 3.95. The van der Waals surface area contributed by atoms with Crippen molar-refractivity contribution in [3.8, 4) is 0 Å². The van der Waals surface area contributed by atoms with Crippen molar-refractivity contribution in [3.63, 3.8) is 0 Å². The Morgan fingerprint density at radius 1 is 1.19 bits per heavy atom. The number of aryl methyl sites for hydroxylation is 2. The van der Waals surface area contributed by atoms with Crippen LogP contribution < -0.4 is 0 Å². The lowest BCUT2D eigenvalue weighted by atomic mass is 9.93. The van der Waals surface area contributed by atoms with Gasteiger partial charge in [0.1, 0.15) is 0 Å². The lowest BCUT2D eigenvalue weighted by Crippen LogP contribution is -2.03. The summed E-state index contributed by atoms with van der Waals surface area (Å²) in [5, 5.41) is 8.72. The number of carbonyl (C=O) groups is 1. The van der Waals surface area contributed by atoms with Crippen molar-refractivity contribution in [2.24, 2.45) is 0 Å². The number of aliphatic carboxylic acids is 1. The van der Waals surface area contributed by atoms with Gasteiger partial charge in [0, 0.05) is 6.42 Å². The van der Waals surface area contributed by atoms with Gasteiger partial charge in [-0.05, 0) is 36.0 Å². The second kappa shape index (κ2) is 6.31. The maximum absolute atomic E-state index is 10.6. The largest absolute Gasteiger partial charge is 0.481 e. The number of hydrogen-bond acceptors (Lipinski definition) is 1. The summed E-state index contributed by atoms with van der Waals surface area (Å²) in [6.07, 6.45) is 4.06. The molecule has 0 saturated heterocycles. The molecule has 16 heavy (non-hydrogen) atoms. The second-order valence-electron chi connectivity index (χ2n) is 4.05. The summed E-state index contributed by atoms with van der Waals surface area (Å²) >= 11 is 0. The van der Waals surface area contributed by atoms with E-state index in [1.165, 1.54) is 16.7 Å². The van der Waals surface area contributed by atoms with E-state index in [0.29, 0.717) is 6.42 Å². The van der Waals surface area contributed by atoms with Crippen LogP contribution in [0.3, 0.4) is 0 Å². The van der Waals surface area contributed by atoms with Gasteiger partial charge in [-0.25, -0.2) is 0 Å². The molecule has 2 heteroatoms. The smallest absolute Gasteiger partial charge is 0.303 e.